The molecule has 3 rings (SSSR count). The molecule has 2 fully saturated rings. The molecule has 2 aliphatic rings. The van der Waals surface area contributed by atoms with E-state index in [9.17, 15) is 13.2 Å². The summed E-state index contributed by atoms with van der Waals surface area (Å²) < 4.78 is 26.6. The predicted octanol–water partition coefficient (Wildman–Crippen LogP) is 0.446. The normalized spacial score (nSPS) is 21.0. The number of benzene rings is 1. The van der Waals surface area contributed by atoms with E-state index in [1.165, 1.54) is 14.6 Å². The molecular formula is C20H30N3O3S+. The van der Waals surface area contributed by atoms with Crippen LogP contribution in [0.5, 0.6) is 0 Å². The minimum absolute atomic E-state index is 0.206. The molecule has 0 bridgehead atoms. The third-order valence-electron chi connectivity index (χ3n) is 5.56. The zero-order valence-corrected chi connectivity index (χ0v) is 16.8. The van der Waals surface area contributed by atoms with Gasteiger partial charge >= 0.3 is 0 Å². The molecule has 27 heavy (non-hydrogen) atoms. The number of piperidine rings is 1. The number of hydrogen-bond acceptors (Lipinski definition) is 3. The van der Waals surface area contributed by atoms with Crippen LogP contribution in [0.4, 0.5) is 0 Å². The quantitative estimate of drug-likeness (QED) is 0.791. The third-order valence-corrected chi connectivity index (χ3v) is 7.12. The zero-order chi connectivity index (χ0) is 19.3. The van der Waals surface area contributed by atoms with E-state index in [-0.39, 0.29) is 5.91 Å². The van der Waals surface area contributed by atoms with Crippen LogP contribution in [0.15, 0.2) is 35.7 Å². The van der Waals surface area contributed by atoms with Gasteiger partial charge in [-0.2, -0.15) is 4.31 Å². The summed E-state index contributed by atoms with van der Waals surface area (Å²) in [5, 5.41) is 1.29. The van der Waals surface area contributed by atoms with Crippen LogP contribution in [0.25, 0.3) is 6.08 Å². The van der Waals surface area contributed by atoms with Crippen molar-refractivity contribution in [1.29, 1.82) is 0 Å². The maximum atomic E-state index is 12.5. The van der Waals surface area contributed by atoms with Crippen LogP contribution in [0.1, 0.15) is 25.3 Å². The molecule has 148 valence electrons. The zero-order valence-electron chi connectivity index (χ0n) is 16.0. The highest BCUT2D eigenvalue weighted by atomic mass is 32.2. The molecule has 0 aliphatic carbocycles. The van der Waals surface area contributed by atoms with Crippen LogP contribution in [0, 0.1) is 5.92 Å². The topological polar surface area (TPSA) is 62.1 Å². The van der Waals surface area contributed by atoms with E-state index in [4.69, 9.17) is 0 Å². The Morgan fingerprint density at radius 2 is 1.74 bits per heavy atom. The van der Waals surface area contributed by atoms with Crippen LogP contribution in [-0.4, -0.2) is 69.3 Å². The van der Waals surface area contributed by atoms with E-state index < -0.39 is 10.0 Å². The lowest BCUT2D eigenvalue weighted by Gasteiger charge is -2.34. The molecule has 0 atom stereocenters. The van der Waals surface area contributed by atoms with E-state index in [2.05, 4.69) is 6.92 Å². The molecule has 0 spiro atoms. The van der Waals surface area contributed by atoms with Gasteiger partial charge in [-0.3, -0.25) is 4.79 Å². The molecule has 2 heterocycles. The van der Waals surface area contributed by atoms with Crippen molar-refractivity contribution in [3.8, 4) is 0 Å². The number of piperazine rings is 1. The first-order valence-electron chi connectivity index (χ1n) is 9.79. The van der Waals surface area contributed by atoms with Gasteiger partial charge in [-0.25, -0.2) is 8.42 Å². The Kier molecular flexibility index (Phi) is 6.68. The van der Waals surface area contributed by atoms with E-state index in [0.717, 1.165) is 31.5 Å². The van der Waals surface area contributed by atoms with E-state index in [1.807, 2.05) is 35.2 Å². The fourth-order valence-corrected chi connectivity index (χ4v) is 4.82. The molecule has 1 aromatic rings. The number of amides is 1. The first kappa shape index (κ1) is 20.0. The minimum Gasteiger partial charge on any atom is -0.338 e. The highest BCUT2D eigenvalue weighted by molar-refractivity contribution is 7.92. The summed E-state index contributed by atoms with van der Waals surface area (Å²) in [6, 6.07) is 9.42. The number of likely N-dealkylation sites (tertiary alicyclic amines) is 1. The molecule has 1 amide bonds. The summed E-state index contributed by atoms with van der Waals surface area (Å²) in [6.45, 7) is 6.70. The van der Waals surface area contributed by atoms with Crippen molar-refractivity contribution < 1.29 is 18.1 Å². The monoisotopic (exact) mass is 392 g/mol. The number of nitrogens with zero attached hydrogens (tertiary/aromatic N) is 2. The van der Waals surface area contributed by atoms with E-state index in [1.54, 1.807) is 6.08 Å². The van der Waals surface area contributed by atoms with Crippen molar-refractivity contribution in [3.05, 3.63) is 41.3 Å². The molecule has 1 aromatic carbocycles. The second kappa shape index (κ2) is 8.99. The number of hydrogen-bond donors (Lipinski definition) is 1. The smallest absolute Gasteiger partial charge is 0.277 e. The van der Waals surface area contributed by atoms with Gasteiger partial charge in [0.15, 0.2) is 6.54 Å². The van der Waals surface area contributed by atoms with E-state index in [0.29, 0.717) is 38.6 Å². The predicted molar refractivity (Wildman–Crippen MR) is 107 cm³/mol. The van der Waals surface area contributed by atoms with Gasteiger partial charge in [-0.15, -0.1) is 0 Å². The minimum atomic E-state index is -3.42. The van der Waals surface area contributed by atoms with Crippen molar-refractivity contribution in [1.82, 2.24) is 9.21 Å². The highest BCUT2D eigenvalue weighted by Gasteiger charge is 2.30. The number of sulfonamides is 1. The SMILES string of the molecule is CC1CCN(C(=O)C[NH+]2CCN(S(=O)(=O)/C=C/c3ccccc3)CC2)CC1. The van der Waals surface area contributed by atoms with Gasteiger partial charge in [0.1, 0.15) is 0 Å². The highest BCUT2D eigenvalue weighted by Crippen LogP contribution is 2.15. The lowest BCUT2D eigenvalue weighted by atomic mass is 9.99. The van der Waals surface area contributed by atoms with Gasteiger partial charge in [-0.05, 0) is 30.4 Å². The molecule has 2 saturated heterocycles. The molecule has 0 aromatic heterocycles. The summed E-state index contributed by atoms with van der Waals surface area (Å²) in [5.74, 6) is 0.913. The van der Waals surface area contributed by atoms with Gasteiger partial charge in [0.05, 0.1) is 26.2 Å². The summed E-state index contributed by atoms with van der Waals surface area (Å²) >= 11 is 0. The molecule has 0 unspecified atom stereocenters. The van der Waals surface area contributed by atoms with Gasteiger partial charge in [0.25, 0.3) is 5.91 Å². The van der Waals surface area contributed by atoms with Gasteiger partial charge in [0, 0.05) is 18.5 Å². The summed E-state index contributed by atoms with van der Waals surface area (Å²) in [5.41, 5.74) is 0.867. The van der Waals surface area contributed by atoms with Crippen molar-refractivity contribution in [2.24, 2.45) is 5.92 Å². The Hall–Kier alpha value is -1.70. The lowest BCUT2D eigenvalue weighted by molar-refractivity contribution is -0.896. The average molecular weight is 393 g/mol. The molecule has 6 nitrogen and oxygen atoms in total. The average Bonchev–Trinajstić information content (AvgIpc) is 2.68. The van der Waals surface area contributed by atoms with Gasteiger partial charge < -0.3 is 9.80 Å². The lowest BCUT2D eigenvalue weighted by Crippen LogP contribution is -3.15. The van der Waals surface area contributed by atoms with Gasteiger partial charge in [0.2, 0.25) is 10.0 Å². The Balaban J connectivity index is 1.48. The first-order valence-corrected chi connectivity index (χ1v) is 11.3. The molecular weight excluding hydrogens is 362 g/mol. The maximum absolute atomic E-state index is 12.5. The molecule has 7 heteroatoms. The Morgan fingerprint density at radius 3 is 2.37 bits per heavy atom. The van der Waals surface area contributed by atoms with Crippen molar-refractivity contribution in [3.63, 3.8) is 0 Å². The number of carbonyl (C=O) groups excluding carboxylic acids is 1. The second-order valence-electron chi connectivity index (χ2n) is 7.65. The van der Waals surface area contributed by atoms with Crippen molar-refractivity contribution >= 4 is 22.0 Å². The summed E-state index contributed by atoms with van der Waals surface area (Å²) in [4.78, 5) is 15.6. The van der Waals surface area contributed by atoms with Crippen LogP contribution < -0.4 is 4.90 Å². The Labute approximate surface area is 162 Å². The van der Waals surface area contributed by atoms with Gasteiger partial charge in [-0.1, -0.05) is 37.3 Å². The van der Waals surface area contributed by atoms with E-state index >= 15 is 0 Å². The standard InChI is InChI=1S/C20H29N3O3S/c1-18-7-10-22(11-8-18)20(24)17-21-12-14-23(15-13-21)27(25,26)16-9-19-5-3-2-4-6-19/h2-6,9,16,18H,7-8,10-15,17H2,1H3/p+1/b16-9+. The fraction of sp³-hybridized carbons (Fsp3) is 0.550. The van der Waals surface area contributed by atoms with Crippen LogP contribution in [-0.2, 0) is 14.8 Å². The van der Waals surface area contributed by atoms with Crippen molar-refractivity contribution in [2.45, 2.75) is 19.8 Å². The molecule has 1 N–H and O–H groups in total. The number of nitrogens with one attached hydrogen (secondary N) is 1. The third kappa shape index (κ3) is 5.64. The largest absolute Gasteiger partial charge is 0.338 e. The second-order valence-corrected chi connectivity index (χ2v) is 9.47. The number of rotatable bonds is 5. The van der Waals surface area contributed by atoms with Crippen LogP contribution >= 0.6 is 0 Å². The number of quaternary nitrogens is 1. The van der Waals surface area contributed by atoms with Crippen molar-refractivity contribution in [2.75, 3.05) is 45.8 Å². The number of carbonyl (C=O) groups is 1. The Morgan fingerprint density at radius 1 is 1.11 bits per heavy atom. The summed E-state index contributed by atoms with van der Waals surface area (Å²) in [7, 11) is -3.42. The molecule has 0 saturated carbocycles. The molecule has 2 aliphatic heterocycles. The first-order chi connectivity index (χ1) is 12.9. The maximum Gasteiger partial charge on any atom is 0.277 e. The Bertz CT molecular complexity index is 748. The van der Waals surface area contributed by atoms with Crippen LogP contribution in [0.3, 0.4) is 0 Å². The summed E-state index contributed by atoms with van der Waals surface area (Å²) in [6.07, 6.45) is 3.80. The fourth-order valence-electron chi connectivity index (χ4n) is 3.63. The van der Waals surface area contributed by atoms with Crippen LogP contribution in [0.2, 0.25) is 0 Å². The molecule has 0 radical (unpaired) electrons.